The number of hydrogen-bond acceptors (Lipinski definition) is 6. The summed E-state index contributed by atoms with van der Waals surface area (Å²) in [5, 5.41) is -0.316. The van der Waals surface area contributed by atoms with Crippen molar-refractivity contribution in [1.82, 2.24) is 9.97 Å². The topological polar surface area (TPSA) is 99.1 Å². The first-order valence-corrected chi connectivity index (χ1v) is 7.48. The van der Waals surface area contributed by atoms with Crippen LogP contribution in [0.15, 0.2) is 52.2 Å². The Morgan fingerprint density at radius 3 is 2.80 bits per heavy atom. The smallest absolute Gasteiger partial charge is 0.316 e. The number of sulfone groups is 1. The Morgan fingerprint density at radius 1 is 1.20 bits per heavy atom. The van der Waals surface area contributed by atoms with Crippen molar-refractivity contribution in [1.29, 1.82) is 0 Å². The summed E-state index contributed by atoms with van der Waals surface area (Å²) in [4.78, 5) is 7.97. The average Bonchev–Trinajstić information content (AvgIpc) is 2.83. The summed E-state index contributed by atoms with van der Waals surface area (Å²) in [7, 11) is -3.67. The lowest BCUT2D eigenvalue weighted by atomic mass is 10.3. The molecule has 0 radical (unpaired) electrons. The molecule has 0 saturated carbocycles. The average molecular weight is 289 g/mol. The van der Waals surface area contributed by atoms with E-state index < -0.39 is 9.84 Å². The molecular formula is C13H11N3O3S. The highest BCUT2D eigenvalue weighted by atomic mass is 32.2. The Morgan fingerprint density at radius 2 is 2.05 bits per heavy atom. The Labute approximate surface area is 115 Å². The Bertz CT molecular complexity index is 857. The van der Waals surface area contributed by atoms with Gasteiger partial charge in [-0.05, 0) is 24.3 Å². The van der Waals surface area contributed by atoms with Gasteiger partial charge in [0.25, 0.3) is 0 Å². The second-order valence-electron chi connectivity index (χ2n) is 4.29. The minimum absolute atomic E-state index is 0.254. The van der Waals surface area contributed by atoms with Gasteiger partial charge in [0.2, 0.25) is 9.84 Å². The molecule has 0 amide bonds. The van der Waals surface area contributed by atoms with Gasteiger partial charge in [0.15, 0.2) is 5.58 Å². The molecule has 0 fully saturated rings. The van der Waals surface area contributed by atoms with Crippen molar-refractivity contribution in [3.63, 3.8) is 0 Å². The molecule has 0 saturated heterocycles. The highest BCUT2D eigenvalue weighted by molar-refractivity contribution is 7.90. The number of aromatic nitrogens is 2. The zero-order valence-corrected chi connectivity index (χ0v) is 11.2. The van der Waals surface area contributed by atoms with Crippen molar-refractivity contribution in [3.05, 3.63) is 48.3 Å². The predicted molar refractivity (Wildman–Crippen MR) is 73.5 cm³/mol. The van der Waals surface area contributed by atoms with Gasteiger partial charge in [-0.1, -0.05) is 6.07 Å². The molecule has 3 rings (SSSR count). The number of nitrogens with zero attached hydrogens (tertiary/aromatic N) is 2. The molecule has 2 N–H and O–H groups in total. The maximum absolute atomic E-state index is 12.2. The van der Waals surface area contributed by atoms with Crippen LogP contribution in [-0.2, 0) is 15.6 Å². The fraction of sp³-hybridized carbons (Fsp3) is 0.0769. The van der Waals surface area contributed by atoms with Crippen molar-refractivity contribution >= 4 is 26.6 Å². The van der Waals surface area contributed by atoms with Crippen LogP contribution >= 0.6 is 0 Å². The van der Waals surface area contributed by atoms with Crippen LogP contribution in [-0.4, -0.2) is 18.4 Å². The molecular weight excluding hydrogens is 278 g/mol. The van der Waals surface area contributed by atoms with Crippen molar-refractivity contribution in [2.75, 3.05) is 5.73 Å². The van der Waals surface area contributed by atoms with Gasteiger partial charge in [-0.2, -0.15) is 4.98 Å². The third-order valence-electron chi connectivity index (χ3n) is 2.72. The van der Waals surface area contributed by atoms with Crippen LogP contribution in [0.3, 0.4) is 0 Å². The van der Waals surface area contributed by atoms with E-state index in [2.05, 4.69) is 9.97 Å². The largest absolute Gasteiger partial charge is 0.428 e. The third-order valence-corrected chi connectivity index (χ3v) is 4.11. The number of benzene rings is 1. The minimum Gasteiger partial charge on any atom is -0.428 e. The van der Waals surface area contributed by atoms with Crippen LogP contribution in [0.1, 0.15) is 5.69 Å². The van der Waals surface area contributed by atoms with Crippen molar-refractivity contribution in [3.8, 4) is 0 Å². The van der Waals surface area contributed by atoms with E-state index in [1.807, 2.05) is 0 Å². The van der Waals surface area contributed by atoms with Crippen LogP contribution in [0.5, 0.6) is 0 Å². The lowest BCUT2D eigenvalue weighted by Gasteiger charge is -1.98. The molecule has 1 aromatic carbocycles. The van der Waals surface area contributed by atoms with Gasteiger partial charge in [-0.3, -0.25) is 4.98 Å². The number of anilines is 1. The lowest BCUT2D eigenvalue weighted by molar-refractivity contribution is 0.458. The molecule has 2 aromatic heterocycles. The summed E-state index contributed by atoms with van der Waals surface area (Å²) in [6.07, 6.45) is 1.54. The fourth-order valence-corrected chi connectivity index (χ4v) is 2.93. The summed E-state index contributed by atoms with van der Waals surface area (Å²) >= 11 is 0. The van der Waals surface area contributed by atoms with E-state index in [0.29, 0.717) is 22.5 Å². The SMILES string of the molecule is Nc1ccc2nc(S(=O)(=O)Cc3ccccn3)oc2c1. The number of fused-ring (bicyclic) bond motifs is 1. The second kappa shape index (κ2) is 4.61. The van der Waals surface area contributed by atoms with E-state index in [4.69, 9.17) is 10.2 Å². The van der Waals surface area contributed by atoms with Gasteiger partial charge < -0.3 is 10.2 Å². The molecule has 0 bridgehead atoms. The molecule has 0 spiro atoms. The number of nitrogen functional groups attached to an aromatic ring is 1. The molecule has 0 aliphatic heterocycles. The number of rotatable bonds is 3. The number of oxazole rings is 1. The molecule has 0 aliphatic carbocycles. The standard InChI is InChI=1S/C13H11N3O3S/c14-9-4-5-11-12(7-9)19-13(16-11)20(17,18)8-10-3-1-2-6-15-10/h1-7H,8,14H2. The van der Waals surface area contributed by atoms with Crippen molar-refractivity contribution < 1.29 is 12.8 Å². The highest BCUT2D eigenvalue weighted by Gasteiger charge is 2.23. The first-order chi connectivity index (χ1) is 9.54. The molecule has 0 unspecified atom stereocenters. The van der Waals surface area contributed by atoms with E-state index in [1.165, 1.54) is 6.20 Å². The molecule has 0 atom stereocenters. The van der Waals surface area contributed by atoms with Crippen molar-refractivity contribution in [2.24, 2.45) is 0 Å². The van der Waals surface area contributed by atoms with Gasteiger partial charge >= 0.3 is 5.22 Å². The van der Waals surface area contributed by atoms with Gasteiger partial charge in [0.1, 0.15) is 11.3 Å². The fourth-order valence-electron chi connectivity index (χ4n) is 1.79. The van der Waals surface area contributed by atoms with E-state index >= 15 is 0 Å². The Hall–Kier alpha value is -2.41. The van der Waals surface area contributed by atoms with Gasteiger partial charge in [-0.15, -0.1) is 0 Å². The van der Waals surface area contributed by atoms with Crippen LogP contribution in [0.4, 0.5) is 5.69 Å². The second-order valence-corrected chi connectivity index (χ2v) is 6.15. The quantitative estimate of drug-likeness (QED) is 0.738. The molecule has 20 heavy (non-hydrogen) atoms. The van der Waals surface area contributed by atoms with Gasteiger partial charge in [-0.25, -0.2) is 8.42 Å². The predicted octanol–water partition coefficient (Wildman–Crippen LogP) is 1.78. The van der Waals surface area contributed by atoms with Gasteiger partial charge in [0, 0.05) is 18.0 Å². The van der Waals surface area contributed by atoms with E-state index in [9.17, 15) is 8.42 Å². The number of hydrogen-bond donors (Lipinski definition) is 1. The number of pyridine rings is 1. The molecule has 6 nitrogen and oxygen atoms in total. The van der Waals surface area contributed by atoms with Gasteiger partial charge in [0.05, 0.1) is 5.69 Å². The van der Waals surface area contributed by atoms with Crippen LogP contribution in [0.25, 0.3) is 11.1 Å². The Kier molecular flexibility index (Phi) is 2.90. The normalized spacial score (nSPS) is 11.8. The highest BCUT2D eigenvalue weighted by Crippen LogP contribution is 2.23. The summed E-state index contributed by atoms with van der Waals surface area (Å²) in [5.74, 6) is -0.254. The first kappa shape index (κ1) is 12.6. The molecule has 102 valence electrons. The van der Waals surface area contributed by atoms with Crippen molar-refractivity contribution in [2.45, 2.75) is 11.0 Å². The molecule has 2 heterocycles. The minimum atomic E-state index is -3.67. The van der Waals surface area contributed by atoms with Crippen LogP contribution < -0.4 is 5.73 Å². The summed E-state index contributed by atoms with van der Waals surface area (Å²) in [6.45, 7) is 0. The van der Waals surface area contributed by atoms with E-state index in [1.54, 1.807) is 36.4 Å². The summed E-state index contributed by atoms with van der Waals surface area (Å²) in [5.41, 5.74) is 7.35. The Balaban J connectivity index is 2.01. The maximum atomic E-state index is 12.2. The summed E-state index contributed by atoms with van der Waals surface area (Å²) in [6, 6.07) is 9.89. The third kappa shape index (κ3) is 2.35. The van der Waals surface area contributed by atoms with E-state index in [-0.39, 0.29) is 11.0 Å². The maximum Gasteiger partial charge on any atom is 0.316 e. The zero-order valence-electron chi connectivity index (χ0n) is 10.4. The lowest BCUT2D eigenvalue weighted by Crippen LogP contribution is -2.06. The molecule has 0 aliphatic rings. The zero-order chi connectivity index (χ0) is 14.2. The first-order valence-electron chi connectivity index (χ1n) is 5.83. The summed E-state index contributed by atoms with van der Waals surface area (Å²) < 4.78 is 29.7. The molecule has 3 aromatic rings. The number of nitrogens with two attached hydrogens (primary N) is 1. The molecule has 7 heteroatoms. The van der Waals surface area contributed by atoms with Crippen LogP contribution in [0, 0.1) is 0 Å². The van der Waals surface area contributed by atoms with E-state index in [0.717, 1.165) is 0 Å². The monoisotopic (exact) mass is 289 g/mol. The van der Waals surface area contributed by atoms with Crippen LogP contribution in [0.2, 0.25) is 0 Å².